The molecule has 1 aliphatic rings. The first-order valence-electron chi connectivity index (χ1n) is 7.11. The molecule has 1 aromatic carbocycles. The van der Waals surface area contributed by atoms with Crippen LogP contribution in [0.5, 0.6) is 0 Å². The van der Waals surface area contributed by atoms with Gasteiger partial charge in [-0.15, -0.1) is 0 Å². The Hall–Kier alpha value is -1.36. The van der Waals surface area contributed by atoms with E-state index in [0.717, 1.165) is 12.0 Å². The summed E-state index contributed by atoms with van der Waals surface area (Å²) in [5.41, 5.74) is 1.06. The van der Waals surface area contributed by atoms with E-state index in [-0.39, 0.29) is 23.3 Å². The van der Waals surface area contributed by atoms with Crippen LogP contribution in [-0.2, 0) is 14.6 Å². The van der Waals surface area contributed by atoms with Gasteiger partial charge in [0.1, 0.15) is 0 Å². The van der Waals surface area contributed by atoms with Gasteiger partial charge in [-0.2, -0.15) is 0 Å². The van der Waals surface area contributed by atoms with Crippen molar-refractivity contribution in [3.8, 4) is 0 Å². The van der Waals surface area contributed by atoms with Crippen LogP contribution in [0, 0.1) is 11.3 Å². The van der Waals surface area contributed by atoms with Crippen LogP contribution in [0.25, 0.3) is 0 Å². The fraction of sp³-hybridized carbons (Fsp3) is 0.562. The Kier molecular flexibility index (Phi) is 3.91. The molecule has 0 spiro atoms. The minimum Gasteiger partial charge on any atom is -0.339 e. The fourth-order valence-electron chi connectivity index (χ4n) is 2.54. The van der Waals surface area contributed by atoms with Crippen LogP contribution >= 0.6 is 0 Å². The average Bonchev–Trinajstić information content (AvgIpc) is 3.04. The minimum atomic E-state index is -3.18. The average molecular weight is 309 g/mol. The Morgan fingerprint density at radius 3 is 2.14 bits per heavy atom. The topological polar surface area (TPSA) is 54.5 Å². The third kappa shape index (κ3) is 3.28. The number of nitrogens with zero attached hydrogens (tertiary/aromatic N) is 1. The third-order valence-electron chi connectivity index (χ3n) is 4.53. The first kappa shape index (κ1) is 16.0. The lowest BCUT2D eigenvalue weighted by Crippen LogP contribution is -2.32. The smallest absolute Gasteiger partial charge is 0.226 e. The van der Waals surface area contributed by atoms with Crippen molar-refractivity contribution in [3.05, 3.63) is 29.8 Å². The lowest BCUT2D eigenvalue weighted by Gasteiger charge is -2.26. The maximum absolute atomic E-state index is 12.4. The molecule has 1 saturated carbocycles. The van der Waals surface area contributed by atoms with Gasteiger partial charge in [0.2, 0.25) is 5.91 Å². The van der Waals surface area contributed by atoms with Gasteiger partial charge >= 0.3 is 0 Å². The second-order valence-corrected chi connectivity index (χ2v) is 8.73. The molecule has 4 nitrogen and oxygen atoms in total. The zero-order valence-corrected chi connectivity index (χ0v) is 14.1. The van der Waals surface area contributed by atoms with Crippen LogP contribution in [0.15, 0.2) is 29.2 Å². The zero-order valence-electron chi connectivity index (χ0n) is 13.3. The normalized spacial score (nSPS) is 21.7. The lowest BCUT2D eigenvalue weighted by atomic mass is 10.1. The molecule has 0 aliphatic heterocycles. The highest BCUT2D eigenvalue weighted by Crippen LogP contribution is 2.52. The van der Waals surface area contributed by atoms with Gasteiger partial charge in [-0.3, -0.25) is 4.79 Å². The number of amides is 1. The fourth-order valence-corrected chi connectivity index (χ4v) is 3.17. The van der Waals surface area contributed by atoms with Crippen LogP contribution < -0.4 is 0 Å². The van der Waals surface area contributed by atoms with E-state index < -0.39 is 9.84 Å². The van der Waals surface area contributed by atoms with Gasteiger partial charge < -0.3 is 4.90 Å². The Morgan fingerprint density at radius 2 is 1.76 bits per heavy atom. The van der Waals surface area contributed by atoms with E-state index >= 15 is 0 Å². The highest BCUT2D eigenvalue weighted by molar-refractivity contribution is 7.90. The first-order chi connectivity index (χ1) is 9.54. The molecule has 0 heterocycles. The van der Waals surface area contributed by atoms with Crippen LogP contribution in [0.4, 0.5) is 0 Å². The monoisotopic (exact) mass is 309 g/mol. The van der Waals surface area contributed by atoms with Crippen LogP contribution in [0.3, 0.4) is 0 Å². The molecule has 0 saturated heterocycles. The number of hydrogen-bond donors (Lipinski definition) is 0. The highest BCUT2D eigenvalue weighted by atomic mass is 32.2. The van der Waals surface area contributed by atoms with Crippen molar-refractivity contribution in [1.82, 2.24) is 4.90 Å². The van der Waals surface area contributed by atoms with Crippen molar-refractivity contribution in [1.29, 1.82) is 0 Å². The van der Waals surface area contributed by atoms with Gasteiger partial charge in [0.05, 0.1) is 10.9 Å². The minimum absolute atomic E-state index is 0.0671. The van der Waals surface area contributed by atoms with E-state index in [1.165, 1.54) is 6.26 Å². The predicted molar refractivity (Wildman–Crippen MR) is 82.6 cm³/mol. The van der Waals surface area contributed by atoms with Crippen molar-refractivity contribution in [2.75, 3.05) is 13.3 Å². The molecular weight excluding hydrogens is 286 g/mol. The molecule has 1 amide bonds. The highest BCUT2D eigenvalue weighted by Gasteiger charge is 2.51. The number of benzene rings is 1. The molecular formula is C16H23NO3S. The molecule has 2 atom stereocenters. The van der Waals surface area contributed by atoms with E-state index in [4.69, 9.17) is 0 Å². The molecule has 1 fully saturated rings. The quantitative estimate of drug-likeness (QED) is 0.859. The second kappa shape index (κ2) is 5.13. The van der Waals surface area contributed by atoms with Crippen LogP contribution in [0.2, 0.25) is 0 Å². The molecule has 1 aromatic rings. The predicted octanol–water partition coefficient (Wildman–Crippen LogP) is 2.66. The number of rotatable bonds is 4. The molecule has 1 unspecified atom stereocenters. The SMILES string of the molecule is CC(c1ccc(S(C)(=O)=O)cc1)N(C)C(=O)[C@H]1CC1(C)C. The van der Waals surface area contributed by atoms with Crippen molar-refractivity contribution < 1.29 is 13.2 Å². The summed E-state index contributed by atoms with van der Waals surface area (Å²) in [7, 11) is -1.37. The Morgan fingerprint density at radius 1 is 1.29 bits per heavy atom. The molecule has 21 heavy (non-hydrogen) atoms. The summed E-state index contributed by atoms with van der Waals surface area (Å²) in [6.07, 6.45) is 2.13. The Balaban J connectivity index is 2.13. The largest absolute Gasteiger partial charge is 0.339 e. The molecule has 0 radical (unpaired) electrons. The van der Waals surface area contributed by atoms with Gasteiger partial charge in [0, 0.05) is 19.2 Å². The molecule has 0 aromatic heterocycles. The molecule has 116 valence electrons. The van der Waals surface area contributed by atoms with Gasteiger partial charge in [-0.05, 0) is 36.5 Å². The molecule has 5 heteroatoms. The first-order valence-corrected chi connectivity index (χ1v) is 9.00. The van der Waals surface area contributed by atoms with Crippen molar-refractivity contribution >= 4 is 15.7 Å². The summed E-state index contributed by atoms with van der Waals surface area (Å²) < 4.78 is 22.9. The molecule has 0 bridgehead atoms. The van der Waals surface area contributed by atoms with E-state index in [1.807, 2.05) is 14.0 Å². The van der Waals surface area contributed by atoms with E-state index in [9.17, 15) is 13.2 Å². The number of hydrogen-bond acceptors (Lipinski definition) is 3. The summed E-state index contributed by atoms with van der Waals surface area (Å²) in [6, 6.07) is 6.69. The summed E-state index contributed by atoms with van der Waals surface area (Å²) in [6.45, 7) is 6.17. The molecule has 1 aliphatic carbocycles. The zero-order chi connectivity index (χ0) is 16.0. The van der Waals surface area contributed by atoms with Gasteiger partial charge in [-0.1, -0.05) is 26.0 Å². The van der Waals surface area contributed by atoms with Crippen molar-refractivity contribution in [3.63, 3.8) is 0 Å². The molecule has 2 rings (SSSR count). The summed E-state index contributed by atoms with van der Waals surface area (Å²) in [4.78, 5) is 14.5. The Labute approximate surface area is 127 Å². The molecule has 0 N–H and O–H groups in total. The maximum atomic E-state index is 12.4. The van der Waals surface area contributed by atoms with Gasteiger partial charge in [0.15, 0.2) is 9.84 Å². The maximum Gasteiger partial charge on any atom is 0.226 e. The van der Waals surface area contributed by atoms with Crippen LogP contribution in [0.1, 0.15) is 38.8 Å². The number of carbonyl (C=O) groups is 1. The number of sulfone groups is 1. The number of carbonyl (C=O) groups excluding carboxylic acids is 1. The summed E-state index contributed by atoms with van der Waals surface area (Å²) in [5.74, 6) is 0.278. The van der Waals surface area contributed by atoms with E-state index in [1.54, 1.807) is 29.2 Å². The van der Waals surface area contributed by atoms with Crippen molar-refractivity contribution in [2.24, 2.45) is 11.3 Å². The van der Waals surface area contributed by atoms with Gasteiger partial charge in [0.25, 0.3) is 0 Å². The van der Waals surface area contributed by atoms with E-state index in [2.05, 4.69) is 13.8 Å². The lowest BCUT2D eigenvalue weighted by molar-refractivity contribution is -0.133. The second-order valence-electron chi connectivity index (χ2n) is 6.71. The Bertz CT molecular complexity index is 647. The van der Waals surface area contributed by atoms with Gasteiger partial charge in [-0.25, -0.2) is 8.42 Å². The summed E-state index contributed by atoms with van der Waals surface area (Å²) in [5, 5.41) is 0. The van der Waals surface area contributed by atoms with Crippen LogP contribution in [-0.4, -0.2) is 32.5 Å². The standard InChI is InChI=1S/C16H23NO3S/c1-11(17(4)15(18)14-10-16(14,2)3)12-6-8-13(9-7-12)21(5,19)20/h6-9,11,14H,10H2,1-5H3/t11?,14-/m1/s1. The summed E-state index contributed by atoms with van der Waals surface area (Å²) >= 11 is 0. The van der Waals surface area contributed by atoms with Crippen molar-refractivity contribution in [2.45, 2.75) is 38.1 Å². The third-order valence-corrected chi connectivity index (χ3v) is 5.66. The van der Waals surface area contributed by atoms with E-state index in [0.29, 0.717) is 4.90 Å².